The molecule has 0 aliphatic carbocycles. The van der Waals surface area contributed by atoms with Crippen LogP contribution in [-0.4, -0.2) is 37.5 Å². The van der Waals surface area contributed by atoms with E-state index in [2.05, 4.69) is 0 Å². The predicted octanol–water partition coefficient (Wildman–Crippen LogP) is 1.02. The fourth-order valence-electron chi connectivity index (χ4n) is 1.80. The number of ether oxygens (including phenoxy) is 1. The lowest BCUT2D eigenvalue weighted by Gasteiger charge is -2.36. The van der Waals surface area contributed by atoms with Crippen LogP contribution in [0, 0.1) is 5.82 Å². The first-order valence-corrected chi connectivity index (χ1v) is 5.02. The molecule has 4 heteroatoms. The van der Waals surface area contributed by atoms with Gasteiger partial charge in [0.05, 0.1) is 25.9 Å². The van der Waals surface area contributed by atoms with Crippen molar-refractivity contribution in [2.24, 2.45) is 0 Å². The van der Waals surface area contributed by atoms with E-state index < -0.39 is 0 Å². The highest BCUT2D eigenvalue weighted by atomic mass is 19.1. The van der Waals surface area contributed by atoms with Gasteiger partial charge in [-0.3, -0.25) is 0 Å². The number of halogens is 1. The lowest BCUT2D eigenvalue weighted by atomic mass is 10.2. The van der Waals surface area contributed by atoms with E-state index in [0.717, 1.165) is 5.69 Å². The van der Waals surface area contributed by atoms with Crippen LogP contribution in [0.1, 0.15) is 0 Å². The molecule has 15 heavy (non-hydrogen) atoms. The number of anilines is 1. The molecule has 2 rings (SSSR count). The van der Waals surface area contributed by atoms with Crippen LogP contribution in [0.4, 0.5) is 10.1 Å². The zero-order chi connectivity index (χ0) is 10.7. The largest absolute Gasteiger partial charge is 0.394 e. The van der Waals surface area contributed by atoms with Crippen molar-refractivity contribution in [2.45, 2.75) is 6.04 Å². The van der Waals surface area contributed by atoms with Crippen molar-refractivity contribution < 1.29 is 14.2 Å². The Balaban J connectivity index is 2.20. The minimum absolute atomic E-state index is 0.0243. The van der Waals surface area contributed by atoms with Crippen molar-refractivity contribution in [3.63, 3.8) is 0 Å². The van der Waals surface area contributed by atoms with Gasteiger partial charge >= 0.3 is 0 Å². The van der Waals surface area contributed by atoms with Crippen molar-refractivity contribution in [2.75, 3.05) is 31.3 Å². The number of aliphatic hydroxyl groups excluding tert-OH is 1. The minimum Gasteiger partial charge on any atom is -0.394 e. The topological polar surface area (TPSA) is 32.7 Å². The molecule has 1 atom stereocenters. The maximum absolute atomic E-state index is 13.0. The fourth-order valence-corrected chi connectivity index (χ4v) is 1.80. The van der Waals surface area contributed by atoms with Crippen LogP contribution in [0.25, 0.3) is 0 Å². The Morgan fingerprint density at radius 1 is 1.53 bits per heavy atom. The van der Waals surface area contributed by atoms with E-state index in [-0.39, 0.29) is 18.5 Å². The molecule has 1 fully saturated rings. The van der Waals surface area contributed by atoms with Gasteiger partial charge in [0.1, 0.15) is 5.82 Å². The molecule has 0 aromatic heterocycles. The summed E-state index contributed by atoms with van der Waals surface area (Å²) in [6.07, 6.45) is 0. The molecule has 0 spiro atoms. The summed E-state index contributed by atoms with van der Waals surface area (Å²) in [5.41, 5.74) is 0.803. The van der Waals surface area contributed by atoms with E-state index in [0.29, 0.717) is 19.8 Å². The van der Waals surface area contributed by atoms with Crippen LogP contribution in [0.5, 0.6) is 0 Å². The van der Waals surface area contributed by atoms with Crippen LogP contribution < -0.4 is 4.90 Å². The molecule has 1 aromatic rings. The molecule has 1 aliphatic rings. The number of rotatable bonds is 2. The van der Waals surface area contributed by atoms with Gasteiger partial charge in [0.25, 0.3) is 0 Å². The molecule has 1 heterocycles. The van der Waals surface area contributed by atoms with Gasteiger partial charge in [0.15, 0.2) is 0 Å². The summed E-state index contributed by atoms with van der Waals surface area (Å²) in [7, 11) is 0. The van der Waals surface area contributed by atoms with E-state index in [1.807, 2.05) is 11.0 Å². The lowest BCUT2D eigenvalue weighted by Crippen LogP contribution is -2.47. The van der Waals surface area contributed by atoms with E-state index in [1.54, 1.807) is 6.07 Å². The molecular weight excluding hydrogens is 197 g/mol. The van der Waals surface area contributed by atoms with Crippen LogP contribution in [0.15, 0.2) is 24.3 Å². The van der Waals surface area contributed by atoms with Crippen molar-refractivity contribution in [3.8, 4) is 0 Å². The Morgan fingerprint density at radius 2 is 2.40 bits per heavy atom. The average molecular weight is 211 g/mol. The third-order valence-electron chi connectivity index (χ3n) is 2.58. The summed E-state index contributed by atoms with van der Waals surface area (Å²) in [5, 5.41) is 9.18. The third-order valence-corrected chi connectivity index (χ3v) is 2.58. The number of hydrogen-bond acceptors (Lipinski definition) is 3. The Bertz CT molecular complexity index is 332. The van der Waals surface area contributed by atoms with Crippen molar-refractivity contribution in [3.05, 3.63) is 30.1 Å². The number of benzene rings is 1. The SMILES string of the molecule is OCC1COCCN1c1cccc(F)c1. The van der Waals surface area contributed by atoms with Gasteiger partial charge in [-0.25, -0.2) is 4.39 Å². The van der Waals surface area contributed by atoms with Crippen molar-refractivity contribution >= 4 is 5.69 Å². The average Bonchev–Trinajstić information content (AvgIpc) is 2.29. The molecule has 0 radical (unpaired) electrons. The lowest BCUT2D eigenvalue weighted by molar-refractivity contribution is 0.0727. The zero-order valence-electron chi connectivity index (χ0n) is 8.40. The van der Waals surface area contributed by atoms with Gasteiger partial charge in [-0.2, -0.15) is 0 Å². The number of morpholine rings is 1. The second kappa shape index (κ2) is 4.59. The molecule has 0 bridgehead atoms. The minimum atomic E-state index is -0.254. The van der Waals surface area contributed by atoms with Gasteiger partial charge < -0.3 is 14.7 Å². The van der Waals surface area contributed by atoms with Crippen molar-refractivity contribution in [1.82, 2.24) is 0 Å². The van der Waals surface area contributed by atoms with Crippen LogP contribution in [-0.2, 0) is 4.74 Å². The second-order valence-electron chi connectivity index (χ2n) is 3.58. The Hall–Kier alpha value is -1.13. The van der Waals surface area contributed by atoms with E-state index in [1.165, 1.54) is 12.1 Å². The summed E-state index contributed by atoms with van der Waals surface area (Å²) in [4.78, 5) is 1.98. The van der Waals surface area contributed by atoms with Gasteiger partial charge in [0.2, 0.25) is 0 Å². The molecule has 82 valence electrons. The van der Waals surface area contributed by atoms with Gasteiger partial charge in [-0.15, -0.1) is 0 Å². The van der Waals surface area contributed by atoms with Crippen LogP contribution in [0.3, 0.4) is 0 Å². The molecule has 1 aliphatic heterocycles. The molecule has 1 unspecified atom stereocenters. The maximum Gasteiger partial charge on any atom is 0.125 e. The predicted molar refractivity (Wildman–Crippen MR) is 55.4 cm³/mol. The standard InChI is InChI=1S/C11H14FNO2/c12-9-2-1-3-10(6-9)13-4-5-15-8-11(13)7-14/h1-3,6,11,14H,4-5,7-8H2. The molecule has 3 nitrogen and oxygen atoms in total. The maximum atomic E-state index is 13.0. The summed E-state index contributed by atoms with van der Waals surface area (Å²) in [6, 6.07) is 6.35. The zero-order valence-corrected chi connectivity index (χ0v) is 8.40. The van der Waals surface area contributed by atoms with Crippen LogP contribution in [0.2, 0.25) is 0 Å². The Morgan fingerprint density at radius 3 is 3.13 bits per heavy atom. The first-order valence-electron chi connectivity index (χ1n) is 5.02. The summed E-state index contributed by atoms with van der Waals surface area (Å²) < 4.78 is 18.3. The first-order chi connectivity index (χ1) is 7.31. The fraction of sp³-hybridized carbons (Fsp3) is 0.455. The van der Waals surface area contributed by atoms with Gasteiger partial charge in [-0.1, -0.05) is 6.07 Å². The van der Waals surface area contributed by atoms with E-state index in [4.69, 9.17) is 4.74 Å². The Kier molecular flexibility index (Phi) is 3.18. The molecular formula is C11H14FNO2. The number of hydrogen-bond donors (Lipinski definition) is 1. The van der Waals surface area contributed by atoms with Crippen LogP contribution >= 0.6 is 0 Å². The van der Waals surface area contributed by atoms with E-state index in [9.17, 15) is 9.50 Å². The normalized spacial score (nSPS) is 21.7. The first kappa shape index (κ1) is 10.4. The van der Waals surface area contributed by atoms with Crippen molar-refractivity contribution in [1.29, 1.82) is 0 Å². The monoisotopic (exact) mass is 211 g/mol. The molecule has 1 saturated heterocycles. The molecule has 0 saturated carbocycles. The Labute approximate surface area is 88.1 Å². The highest BCUT2D eigenvalue weighted by molar-refractivity contribution is 5.47. The molecule has 1 N–H and O–H groups in total. The highest BCUT2D eigenvalue weighted by Crippen LogP contribution is 2.20. The quantitative estimate of drug-likeness (QED) is 0.792. The molecule has 0 amide bonds. The summed E-state index contributed by atoms with van der Waals surface area (Å²) >= 11 is 0. The number of nitrogens with zero attached hydrogens (tertiary/aromatic N) is 1. The van der Waals surface area contributed by atoms with E-state index >= 15 is 0 Å². The number of aliphatic hydroxyl groups is 1. The summed E-state index contributed by atoms with van der Waals surface area (Å²) in [6.45, 7) is 1.82. The van der Waals surface area contributed by atoms with Gasteiger partial charge in [-0.05, 0) is 18.2 Å². The molecule has 1 aromatic carbocycles. The highest BCUT2D eigenvalue weighted by Gasteiger charge is 2.22. The smallest absolute Gasteiger partial charge is 0.125 e. The third kappa shape index (κ3) is 2.27. The second-order valence-corrected chi connectivity index (χ2v) is 3.58. The van der Waals surface area contributed by atoms with Gasteiger partial charge in [0, 0.05) is 12.2 Å². The summed E-state index contributed by atoms with van der Waals surface area (Å²) in [5.74, 6) is -0.254.